The van der Waals surface area contributed by atoms with Gasteiger partial charge in [-0.15, -0.1) is 0 Å². The second kappa shape index (κ2) is 6.19. The minimum atomic E-state index is -0.0894. The molecule has 0 radical (unpaired) electrons. The Balaban J connectivity index is 1.99. The van der Waals surface area contributed by atoms with E-state index in [4.69, 9.17) is 5.73 Å². The zero-order chi connectivity index (χ0) is 13.8. The normalized spacial score (nSPS) is 23.6. The van der Waals surface area contributed by atoms with Crippen LogP contribution in [0.4, 0.5) is 0 Å². The van der Waals surface area contributed by atoms with Crippen molar-refractivity contribution in [2.45, 2.75) is 51.5 Å². The number of H-pyrrole nitrogens is 1. The summed E-state index contributed by atoms with van der Waals surface area (Å²) in [6.45, 7) is 4.78. The molecule has 2 atom stereocenters. The molecule has 2 rings (SSSR count). The largest absolute Gasteiger partial charge is 0.348 e. The molecule has 1 aliphatic carbocycles. The van der Waals surface area contributed by atoms with Crippen LogP contribution in [0.3, 0.4) is 0 Å². The van der Waals surface area contributed by atoms with Crippen molar-refractivity contribution < 1.29 is 4.79 Å². The highest BCUT2D eigenvalue weighted by atomic mass is 16.2. The summed E-state index contributed by atoms with van der Waals surface area (Å²) in [5.41, 5.74) is 7.25. The van der Waals surface area contributed by atoms with Crippen LogP contribution in [-0.2, 0) is 0 Å². The SMILES string of the molecule is CC(C)c1cc(C(=O)NC2CCCCC2CN)n[nH]1. The summed E-state index contributed by atoms with van der Waals surface area (Å²) in [7, 11) is 0. The maximum atomic E-state index is 12.2. The second-order valence-corrected chi connectivity index (χ2v) is 5.72. The van der Waals surface area contributed by atoms with E-state index in [0.717, 1.165) is 18.5 Å². The van der Waals surface area contributed by atoms with Gasteiger partial charge in [0.2, 0.25) is 0 Å². The average molecular weight is 264 g/mol. The van der Waals surface area contributed by atoms with Crippen molar-refractivity contribution in [3.8, 4) is 0 Å². The highest BCUT2D eigenvalue weighted by Crippen LogP contribution is 2.23. The van der Waals surface area contributed by atoms with Gasteiger partial charge in [0.15, 0.2) is 0 Å². The van der Waals surface area contributed by atoms with Crippen molar-refractivity contribution in [1.82, 2.24) is 15.5 Å². The smallest absolute Gasteiger partial charge is 0.272 e. The van der Waals surface area contributed by atoms with Crippen molar-refractivity contribution in [3.63, 3.8) is 0 Å². The van der Waals surface area contributed by atoms with Gasteiger partial charge in [0.05, 0.1) is 0 Å². The minimum absolute atomic E-state index is 0.0894. The van der Waals surface area contributed by atoms with Crippen LogP contribution < -0.4 is 11.1 Å². The Morgan fingerprint density at radius 2 is 2.26 bits per heavy atom. The average Bonchev–Trinajstić information content (AvgIpc) is 2.89. The maximum absolute atomic E-state index is 12.2. The molecule has 1 saturated carbocycles. The molecule has 5 heteroatoms. The van der Waals surface area contributed by atoms with E-state index in [-0.39, 0.29) is 11.9 Å². The molecule has 1 amide bonds. The van der Waals surface area contributed by atoms with Gasteiger partial charge in [0.25, 0.3) is 5.91 Å². The van der Waals surface area contributed by atoms with Gasteiger partial charge in [-0.1, -0.05) is 26.7 Å². The lowest BCUT2D eigenvalue weighted by molar-refractivity contribution is 0.0903. The minimum Gasteiger partial charge on any atom is -0.348 e. The number of carbonyl (C=O) groups is 1. The molecule has 1 fully saturated rings. The molecule has 0 saturated heterocycles. The van der Waals surface area contributed by atoms with E-state index in [1.807, 2.05) is 6.07 Å². The third-order valence-electron chi connectivity index (χ3n) is 3.98. The molecule has 1 aromatic rings. The van der Waals surface area contributed by atoms with Crippen LogP contribution >= 0.6 is 0 Å². The third kappa shape index (κ3) is 3.35. The number of nitrogens with two attached hydrogens (primary N) is 1. The number of rotatable bonds is 4. The third-order valence-corrected chi connectivity index (χ3v) is 3.98. The lowest BCUT2D eigenvalue weighted by Gasteiger charge is -2.31. The number of nitrogens with one attached hydrogen (secondary N) is 2. The van der Waals surface area contributed by atoms with Crippen molar-refractivity contribution in [3.05, 3.63) is 17.5 Å². The summed E-state index contributed by atoms with van der Waals surface area (Å²) < 4.78 is 0. The molecule has 106 valence electrons. The predicted molar refractivity (Wildman–Crippen MR) is 74.9 cm³/mol. The van der Waals surface area contributed by atoms with Gasteiger partial charge >= 0.3 is 0 Å². The Labute approximate surface area is 114 Å². The van der Waals surface area contributed by atoms with E-state index in [1.165, 1.54) is 12.8 Å². The Morgan fingerprint density at radius 1 is 1.53 bits per heavy atom. The summed E-state index contributed by atoms with van der Waals surface area (Å²) in [4.78, 5) is 12.2. The van der Waals surface area contributed by atoms with Crippen molar-refractivity contribution >= 4 is 5.91 Å². The number of hydrogen-bond acceptors (Lipinski definition) is 3. The molecule has 5 nitrogen and oxygen atoms in total. The maximum Gasteiger partial charge on any atom is 0.272 e. The highest BCUT2D eigenvalue weighted by Gasteiger charge is 2.26. The molecule has 1 aromatic heterocycles. The molecule has 0 bridgehead atoms. The first kappa shape index (κ1) is 14.1. The number of hydrogen-bond donors (Lipinski definition) is 3. The summed E-state index contributed by atoms with van der Waals surface area (Å²) >= 11 is 0. The van der Waals surface area contributed by atoms with Crippen LogP contribution in [0.25, 0.3) is 0 Å². The highest BCUT2D eigenvalue weighted by molar-refractivity contribution is 5.92. The van der Waals surface area contributed by atoms with Crippen LogP contribution in [0.5, 0.6) is 0 Å². The molecule has 0 aromatic carbocycles. The van der Waals surface area contributed by atoms with Gasteiger partial charge in [-0.05, 0) is 37.3 Å². The van der Waals surface area contributed by atoms with Crippen LogP contribution in [0.1, 0.15) is 61.6 Å². The molecular weight excluding hydrogens is 240 g/mol. The Morgan fingerprint density at radius 3 is 2.89 bits per heavy atom. The topological polar surface area (TPSA) is 83.8 Å². The molecule has 19 heavy (non-hydrogen) atoms. The summed E-state index contributed by atoms with van der Waals surface area (Å²) in [6.07, 6.45) is 4.52. The Kier molecular flexibility index (Phi) is 4.58. The Bertz CT molecular complexity index is 427. The first-order valence-electron chi connectivity index (χ1n) is 7.18. The summed E-state index contributed by atoms with van der Waals surface area (Å²) in [6, 6.07) is 2.03. The van der Waals surface area contributed by atoms with Gasteiger partial charge < -0.3 is 11.1 Å². The molecule has 2 unspecified atom stereocenters. The van der Waals surface area contributed by atoms with E-state index in [9.17, 15) is 4.79 Å². The fourth-order valence-electron chi connectivity index (χ4n) is 2.67. The number of amides is 1. The second-order valence-electron chi connectivity index (χ2n) is 5.72. The van der Waals surface area contributed by atoms with Gasteiger partial charge in [-0.25, -0.2) is 0 Å². The van der Waals surface area contributed by atoms with Crippen LogP contribution in [0.15, 0.2) is 6.07 Å². The summed E-state index contributed by atoms with van der Waals surface area (Å²) in [5.74, 6) is 0.662. The quantitative estimate of drug-likeness (QED) is 0.775. The number of aromatic amines is 1. The zero-order valence-electron chi connectivity index (χ0n) is 11.8. The fourth-order valence-corrected chi connectivity index (χ4v) is 2.67. The standard InChI is InChI=1S/C14H24N4O/c1-9(2)12-7-13(18-17-12)14(19)16-11-6-4-3-5-10(11)8-15/h7,9-11H,3-6,8,15H2,1-2H3,(H,16,19)(H,17,18). The fraction of sp³-hybridized carbons (Fsp3) is 0.714. The van der Waals surface area contributed by atoms with Crippen LogP contribution in [0, 0.1) is 5.92 Å². The van der Waals surface area contributed by atoms with E-state index >= 15 is 0 Å². The Hall–Kier alpha value is -1.36. The number of aromatic nitrogens is 2. The molecule has 1 aliphatic rings. The van der Waals surface area contributed by atoms with Gasteiger partial charge in [-0.3, -0.25) is 9.89 Å². The van der Waals surface area contributed by atoms with E-state index in [2.05, 4.69) is 29.4 Å². The lowest BCUT2D eigenvalue weighted by Crippen LogP contribution is -2.44. The van der Waals surface area contributed by atoms with E-state index in [0.29, 0.717) is 24.1 Å². The molecular formula is C14H24N4O. The first-order chi connectivity index (χ1) is 9.11. The summed E-state index contributed by atoms with van der Waals surface area (Å²) in [5, 5.41) is 10.1. The number of nitrogens with zero attached hydrogens (tertiary/aromatic N) is 1. The van der Waals surface area contributed by atoms with Gasteiger partial charge in [-0.2, -0.15) is 5.10 Å². The van der Waals surface area contributed by atoms with Crippen LogP contribution in [0.2, 0.25) is 0 Å². The van der Waals surface area contributed by atoms with E-state index < -0.39 is 0 Å². The first-order valence-corrected chi connectivity index (χ1v) is 7.18. The van der Waals surface area contributed by atoms with Gasteiger partial charge in [0.1, 0.15) is 5.69 Å². The zero-order valence-corrected chi connectivity index (χ0v) is 11.8. The number of carbonyl (C=O) groups excluding carboxylic acids is 1. The lowest BCUT2D eigenvalue weighted by atomic mass is 9.84. The molecule has 4 N–H and O–H groups in total. The monoisotopic (exact) mass is 264 g/mol. The van der Waals surface area contributed by atoms with Crippen molar-refractivity contribution in [2.24, 2.45) is 11.7 Å². The molecule has 0 spiro atoms. The van der Waals surface area contributed by atoms with Crippen LogP contribution in [-0.4, -0.2) is 28.7 Å². The molecule has 0 aliphatic heterocycles. The molecule has 1 heterocycles. The van der Waals surface area contributed by atoms with Gasteiger partial charge in [0, 0.05) is 11.7 Å². The van der Waals surface area contributed by atoms with Crippen molar-refractivity contribution in [1.29, 1.82) is 0 Å². The van der Waals surface area contributed by atoms with E-state index in [1.54, 1.807) is 0 Å². The predicted octanol–water partition coefficient (Wildman–Crippen LogP) is 1.78. The van der Waals surface area contributed by atoms with Crippen molar-refractivity contribution in [2.75, 3.05) is 6.54 Å².